The zero-order valence-electron chi connectivity index (χ0n) is 15.1. The van der Waals surface area contributed by atoms with E-state index < -0.39 is 0 Å². The van der Waals surface area contributed by atoms with Crippen LogP contribution in [-0.4, -0.2) is 70.8 Å². The average molecular weight is 353 g/mol. The molecule has 0 aliphatic carbocycles. The quantitative estimate of drug-likeness (QED) is 0.331. The lowest BCUT2D eigenvalue weighted by atomic mass is 10.3. The minimum Gasteiger partial charge on any atom is -0.385 e. The number of hydrogen-bond acceptors (Lipinski definition) is 4. The van der Waals surface area contributed by atoms with E-state index in [9.17, 15) is 9.18 Å². The Morgan fingerprint density at radius 3 is 2.60 bits per heavy atom. The van der Waals surface area contributed by atoms with Crippen molar-refractivity contribution in [3.8, 4) is 0 Å². The van der Waals surface area contributed by atoms with Gasteiger partial charge in [-0.2, -0.15) is 0 Å². The van der Waals surface area contributed by atoms with E-state index in [2.05, 4.69) is 25.8 Å². The molecule has 1 aromatic rings. The maximum Gasteiger partial charge on any atom is 0.243 e. The highest BCUT2D eigenvalue weighted by molar-refractivity contribution is 5.94. The number of nitrogens with one attached hydrogen (secondary N) is 3. The number of carbonyl (C=O) groups excluding carboxylic acids is 1. The van der Waals surface area contributed by atoms with Crippen molar-refractivity contribution in [2.24, 2.45) is 4.99 Å². The van der Waals surface area contributed by atoms with Crippen molar-refractivity contribution in [1.82, 2.24) is 15.5 Å². The van der Waals surface area contributed by atoms with E-state index in [4.69, 9.17) is 4.74 Å². The van der Waals surface area contributed by atoms with E-state index in [1.54, 1.807) is 14.2 Å². The van der Waals surface area contributed by atoms with E-state index in [1.165, 1.54) is 24.3 Å². The first-order chi connectivity index (χ1) is 12.0. The number of aliphatic imine (C=N–C) groups is 1. The lowest BCUT2D eigenvalue weighted by Crippen LogP contribution is -2.43. The van der Waals surface area contributed by atoms with Crippen LogP contribution in [0.2, 0.25) is 0 Å². The van der Waals surface area contributed by atoms with Gasteiger partial charge in [0.05, 0.1) is 6.54 Å². The smallest absolute Gasteiger partial charge is 0.243 e. The van der Waals surface area contributed by atoms with Gasteiger partial charge in [0, 0.05) is 46.1 Å². The summed E-state index contributed by atoms with van der Waals surface area (Å²) in [4.78, 5) is 18.1. The van der Waals surface area contributed by atoms with E-state index >= 15 is 0 Å². The van der Waals surface area contributed by atoms with E-state index in [0.29, 0.717) is 18.2 Å². The summed E-state index contributed by atoms with van der Waals surface area (Å²) >= 11 is 0. The molecule has 7 nitrogen and oxygen atoms in total. The van der Waals surface area contributed by atoms with E-state index in [-0.39, 0.29) is 18.3 Å². The van der Waals surface area contributed by atoms with Crippen molar-refractivity contribution in [2.45, 2.75) is 6.42 Å². The molecule has 140 valence electrons. The molecular weight excluding hydrogens is 325 g/mol. The maximum atomic E-state index is 12.8. The Morgan fingerprint density at radius 1 is 1.24 bits per heavy atom. The summed E-state index contributed by atoms with van der Waals surface area (Å²) in [5, 5.41) is 8.78. The van der Waals surface area contributed by atoms with Crippen molar-refractivity contribution in [2.75, 3.05) is 59.3 Å². The highest BCUT2D eigenvalue weighted by Crippen LogP contribution is 2.07. The van der Waals surface area contributed by atoms with Gasteiger partial charge in [0.1, 0.15) is 5.82 Å². The fourth-order valence-corrected chi connectivity index (χ4v) is 2.08. The summed E-state index contributed by atoms with van der Waals surface area (Å²) in [7, 11) is 5.39. The number of amides is 1. The third-order valence-electron chi connectivity index (χ3n) is 3.44. The van der Waals surface area contributed by atoms with Crippen LogP contribution < -0.4 is 16.0 Å². The summed E-state index contributed by atoms with van der Waals surface area (Å²) in [5.74, 6) is -0.0151. The third-order valence-corrected chi connectivity index (χ3v) is 3.44. The number of guanidine groups is 1. The minimum absolute atomic E-state index is 0.0702. The molecule has 0 aliphatic rings. The lowest BCUT2D eigenvalue weighted by molar-refractivity contribution is -0.115. The highest BCUT2D eigenvalue weighted by Gasteiger charge is 2.05. The molecule has 0 bridgehead atoms. The number of halogens is 1. The second-order valence-electron chi connectivity index (χ2n) is 5.56. The molecule has 1 rings (SSSR count). The van der Waals surface area contributed by atoms with Crippen LogP contribution in [0.1, 0.15) is 6.42 Å². The SMILES string of the molecule is CN=C(NCCN(C)CCCOC)NCC(=O)Nc1ccc(F)cc1. The van der Waals surface area contributed by atoms with Gasteiger partial charge >= 0.3 is 0 Å². The molecule has 0 aromatic heterocycles. The molecule has 0 fully saturated rings. The number of rotatable bonds is 10. The summed E-state index contributed by atoms with van der Waals surface area (Å²) in [6.07, 6.45) is 0.990. The van der Waals surface area contributed by atoms with Gasteiger partial charge in [-0.05, 0) is 37.7 Å². The zero-order chi connectivity index (χ0) is 18.5. The van der Waals surface area contributed by atoms with Gasteiger partial charge < -0.3 is 25.6 Å². The largest absolute Gasteiger partial charge is 0.385 e. The molecule has 0 radical (unpaired) electrons. The number of carbonyl (C=O) groups is 1. The van der Waals surface area contributed by atoms with Gasteiger partial charge in [0.25, 0.3) is 0 Å². The van der Waals surface area contributed by atoms with Crippen LogP contribution in [0.25, 0.3) is 0 Å². The Hall–Kier alpha value is -2.19. The number of ether oxygens (including phenoxy) is 1. The minimum atomic E-state index is -0.340. The fraction of sp³-hybridized carbons (Fsp3) is 0.529. The van der Waals surface area contributed by atoms with Crippen LogP contribution in [-0.2, 0) is 9.53 Å². The molecule has 0 unspecified atom stereocenters. The van der Waals surface area contributed by atoms with Crippen LogP contribution in [0.4, 0.5) is 10.1 Å². The molecule has 1 aromatic carbocycles. The first kappa shape index (κ1) is 20.9. The number of likely N-dealkylation sites (N-methyl/N-ethyl adjacent to an activating group) is 1. The molecule has 1 amide bonds. The van der Waals surface area contributed by atoms with Crippen molar-refractivity contribution in [1.29, 1.82) is 0 Å². The van der Waals surface area contributed by atoms with Crippen molar-refractivity contribution < 1.29 is 13.9 Å². The summed E-state index contributed by atoms with van der Waals surface area (Å²) in [6, 6.07) is 5.62. The zero-order valence-corrected chi connectivity index (χ0v) is 15.1. The molecule has 0 saturated carbocycles. The normalized spacial score (nSPS) is 11.5. The van der Waals surface area contributed by atoms with Crippen LogP contribution in [0.5, 0.6) is 0 Å². The second kappa shape index (κ2) is 12.2. The number of benzene rings is 1. The van der Waals surface area contributed by atoms with Gasteiger partial charge in [-0.3, -0.25) is 9.79 Å². The molecule has 0 heterocycles. The molecule has 0 aliphatic heterocycles. The molecule has 25 heavy (non-hydrogen) atoms. The van der Waals surface area contributed by atoms with E-state index in [1.807, 2.05) is 7.05 Å². The van der Waals surface area contributed by atoms with Crippen molar-refractivity contribution in [3.63, 3.8) is 0 Å². The predicted molar refractivity (Wildman–Crippen MR) is 98.4 cm³/mol. The van der Waals surface area contributed by atoms with Gasteiger partial charge in [0.15, 0.2) is 5.96 Å². The Morgan fingerprint density at radius 2 is 1.96 bits per heavy atom. The first-order valence-electron chi connectivity index (χ1n) is 8.22. The van der Waals surface area contributed by atoms with Gasteiger partial charge in [-0.15, -0.1) is 0 Å². The maximum absolute atomic E-state index is 12.8. The third kappa shape index (κ3) is 9.63. The lowest BCUT2D eigenvalue weighted by Gasteiger charge is -2.18. The Bertz CT molecular complexity index is 536. The second-order valence-corrected chi connectivity index (χ2v) is 5.56. The number of hydrogen-bond donors (Lipinski definition) is 3. The molecule has 0 spiro atoms. The number of anilines is 1. The average Bonchev–Trinajstić information content (AvgIpc) is 2.60. The first-order valence-corrected chi connectivity index (χ1v) is 8.22. The van der Waals surface area contributed by atoms with Gasteiger partial charge in [0.2, 0.25) is 5.91 Å². The Labute approximate surface area is 148 Å². The van der Waals surface area contributed by atoms with Crippen LogP contribution in [0.3, 0.4) is 0 Å². The van der Waals surface area contributed by atoms with Crippen LogP contribution in [0.15, 0.2) is 29.3 Å². The predicted octanol–water partition coefficient (Wildman–Crippen LogP) is 0.898. The molecule has 8 heteroatoms. The highest BCUT2D eigenvalue weighted by atomic mass is 19.1. The van der Waals surface area contributed by atoms with Gasteiger partial charge in [-0.1, -0.05) is 0 Å². The monoisotopic (exact) mass is 353 g/mol. The van der Waals surface area contributed by atoms with Crippen LogP contribution >= 0.6 is 0 Å². The fourth-order valence-electron chi connectivity index (χ4n) is 2.08. The molecule has 3 N–H and O–H groups in total. The molecule has 0 saturated heterocycles. The number of nitrogens with zero attached hydrogens (tertiary/aromatic N) is 2. The van der Waals surface area contributed by atoms with E-state index in [0.717, 1.165) is 26.1 Å². The standard InChI is InChI=1S/C17H28FN5O2/c1-19-17(20-9-11-23(2)10-4-12-25-3)21-13-16(24)22-15-7-5-14(18)6-8-15/h5-8H,4,9-13H2,1-3H3,(H,22,24)(H2,19,20,21). The molecular formula is C17H28FN5O2. The summed E-state index contributed by atoms with van der Waals surface area (Å²) < 4.78 is 17.9. The van der Waals surface area contributed by atoms with Crippen molar-refractivity contribution in [3.05, 3.63) is 30.1 Å². The van der Waals surface area contributed by atoms with Crippen LogP contribution in [0, 0.1) is 5.82 Å². The Balaban J connectivity index is 2.22. The summed E-state index contributed by atoms with van der Waals surface area (Å²) in [5.41, 5.74) is 0.550. The summed E-state index contributed by atoms with van der Waals surface area (Å²) in [6.45, 7) is 3.35. The number of methoxy groups -OCH3 is 1. The van der Waals surface area contributed by atoms with Crippen molar-refractivity contribution >= 4 is 17.6 Å². The topological polar surface area (TPSA) is 78.0 Å². The Kier molecular flexibility index (Phi) is 10.2. The van der Waals surface area contributed by atoms with Gasteiger partial charge in [-0.25, -0.2) is 4.39 Å². The molecule has 0 atom stereocenters.